The number of nitrogens with one attached hydrogen (secondary N) is 1. The molecule has 0 aliphatic rings. The molecule has 0 aliphatic carbocycles. The fourth-order valence-electron chi connectivity index (χ4n) is 2.00. The summed E-state index contributed by atoms with van der Waals surface area (Å²) < 4.78 is 0. The molecule has 2 rings (SSSR count). The second-order valence-electron chi connectivity index (χ2n) is 4.73. The smallest absolute Gasteiger partial charge is 0.0451 e. The number of aromatic nitrogens is 1. The summed E-state index contributed by atoms with van der Waals surface area (Å²) in [4.78, 5) is 4.24. The molecule has 1 N–H and O–H groups in total. The lowest BCUT2D eigenvalue weighted by molar-refractivity contribution is 0.676. The first-order valence-corrected chi connectivity index (χ1v) is 6.99. The quantitative estimate of drug-likeness (QED) is 0.826. The number of pyridine rings is 1. The zero-order chi connectivity index (χ0) is 13.7. The summed E-state index contributed by atoms with van der Waals surface area (Å²) in [6, 6.07) is 8.28. The minimum absolute atomic E-state index is 0.805. The Balaban J connectivity index is 2.25. The standard InChI is InChI=1S/C16H19ClN2/c1-3-6-18-11-15-8-13(4-5-16(15)17)14-7-12(2)9-19-10-14/h4-5,7-10,18H,3,6,11H2,1-2H3. The van der Waals surface area contributed by atoms with Crippen molar-refractivity contribution in [1.82, 2.24) is 10.3 Å². The van der Waals surface area contributed by atoms with Crippen LogP contribution in [0, 0.1) is 6.92 Å². The third-order valence-electron chi connectivity index (χ3n) is 3.00. The van der Waals surface area contributed by atoms with E-state index in [0.717, 1.165) is 46.8 Å². The van der Waals surface area contributed by atoms with Crippen molar-refractivity contribution in [3.63, 3.8) is 0 Å². The Kier molecular flexibility index (Phi) is 4.94. The largest absolute Gasteiger partial charge is 0.313 e. The van der Waals surface area contributed by atoms with Crippen LogP contribution in [-0.4, -0.2) is 11.5 Å². The Hall–Kier alpha value is -1.38. The Bertz CT molecular complexity index is 552. The Morgan fingerprint density at radius 3 is 2.74 bits per heavy atom. The van der Waals surface area contributed by atoms with Gasteiger partial charge in [0.1, 0.15) is 0 Å². The summed E-state index contributed by atoms with van der Waals surface area (Å²) in [5, 5.41) is 4.20. The van der Waals surface area contributed by atoms with Crippen molar-refractivity contribution in [1.29, 1.82) is 0 Å². The van der Waals surface area contributed by atoms with E-state index in [9.17, 15) is 0 Å². The first-order chi connectivity index (χ1) is 9.20. The normalized spacial score (nSPS) is 10.7. The van der Waals surface area contributed by atoms with Crippen molar-refractivity contribution in [2.75, 3.05) is 6.54 Å². The van der Waals surface area contributed by atoms with E-state index in [2.05, 4.69) is 36.3 Å². The highest BCUT2D eigenvalue weighted by Gasteiger charge is 2.04. The van der Waals surface area contributed by atoms with E-state index in [1.165, 1.54) is 0 Å². The van der Waals surface area contributed by atoms with Crippen molar-refractivity contribution in [3.05, 3.63) is 52.8 Å². The molecule has 100 valence electrons. The lowest BCUT2D eigenvalue weighted by atomic mass is 10.0. The Labute approximate surface area is 119 Å². The first kappa shape index (κ1) is 14.0. The topological polar surface area (TPSA) is 24.9 Å². The first-order valence-electron chi connectivity index (χ1n) is 6.62. The second kappa shape index (κ2) is 6.69. The van der Waals surface area contributed by atoms with Gasteiger partial charge in [-0.3, -0.25) is 4.98 Å². The highest BCUT2D eigenvalue weighted by molar-refractivity contribution is 6.31. The molecule has 0 unspecified atom stereocenters. The van der Waals surface area contributed by atoms with E-state index in [0.29, 0.717) is 0 Å². The average Bonchev–Trinajstić information content (AvgIpc) is 2.41. The van der Waals surface area contributed by atoms with Crippen molar-refractivity contribution in [2.24, 2.45) is 0 Å². The van der Waals surface area contributed by atoms with Crippen LogP contribution in [0.4, 0.5) is 0 Å². The maximum Gasteiger partial charge on any atom is 0.0451 e. The highest BCUT2D eigenvalue weighted by atomic mass is 35.5. The van der Waals surface area contributed by atoms with Gasteiger partial charge in [0.15, 0.2) is 0 Å². The molecule has 19 heavy (non-hydrogen) atoms. The van der Waals surface area contributed by atoms with Gasteiger partial charge in [0.05, 0.1) is 0 Å². The average molecular weight is 275 g/mol. The van der Waals surface area contributed by atoms with Gasteiger partial charge in [-0.05, 0) is 54.8 Å². The molecule has 0 bridgehead atoms. The minimum atomic E-state index is 0.805. The van der Waals surface area contributed by atoms with Crippen LogP contribution in [0.25, 0.3) is 11.1 Å². The summed E-state index contributed by atoms with van der Waals surface area (Å²) >= 11 is 6.24. The van der Waals surface area contributed by atoms with E-state index >= 15 is 0 Å². The van der Waals surface area contributed by atoms with Crippen molar-refractivity contribution < 1.29 is 0 Å². The molecule has 1 aromatic heterocycles. The zero-order valence-electron chi connectivity index (χ0n) is 11.4. The Morgan fingerprint density at radius 1 is 1.16 bits per heavy atom. The van der Waals surface area contributed by atoms with E-state index in [1.54, 1.807) is 0 Å². The van der Waals surface area contributed by atoms with Crippen LogP contribution in [0.1, 0.15) is 24.5 Å². The molecule has 0 saturated carbocycles. The van der Waals surface area contributed by atoms with Gasteiger partial charge in [0.2, 0.25) is 0 Å². The molecular weight excluding hydrogens is 256 g/mol. The van der Waals surface area contributed by atoms with Gasteiger partial charge >= 0.3 is 0 Å². The van der Waals surface area contributed by atoms with E-state index < -0.39 is 0 Å². The fourth-order valence-corrected chi connectivity index (χ4v) is 2.19. The van der Waals surface area contributed by atoms with E-state index in [4.69, 9.17) is 11.6 Å². The van der Waals surface area contributed by atoms with Gasteiger partial charge in [-0.15, -0.1) is 0 Å². The van der Waals surface area contributed by atoms with Crippen LogP contribution < -0.4 is 5.32 Å². The molecule has 0 radical (unpaired) electrons. The van der Waals surface area contributed by atoms with Gasteiger partial charge in [0.25, 0.3) is 0 Å². The predicted octanol–water partition coefficient (Wildman–Crippen LogP) is 4.21. The number of hydrogen-bond acceptors (Lipinski definition) is 2. The van der Waals surface area contributed by atoms with Gasteiger partial charge in [-0.1, -0.05) is 24.6 Å². The molecule has 0 atom stereocenters. The third-order valence-corrected chi connectivity index (χ3v) is 3.36. The molecule has 0 fully saturated rings. The number of halogens is 1. The molecule has 1 heterocycles. The third kappa shape index (κ3) is 3.79. The SMILES string of the molecule is CCCNCc1cc(-c2cncc(C)c2)ccc1Cl. The molecule has 0 aliphatic heterocycles. The van der Waals surface area contributed by atoms with Crippen LogP contribution in [0.2, 0.25) is 5.02 Å². The molecule has 2 aromatic rings. The number of aryl methyl sites for hydroxylation is 1. The molecule has 1 aromatic carbocycles. The molecule has 2 nitrogen and oxygen atoms in total. The maximum absolute atomic E-state index is 6.24. The summed E-state index contributed by atoms with van der Waals surface area (Å²) in [6.07, 6.45) is 4.88. The van der Waals surface area contributed by atoms with Crippen LogP contribution in [0.3, 0.4) is 0 Å². The summed E-state index contributed by atoms with van der Waals surface area (Å²) in [6.45, 7) is 6.02. The lowest BCUT2D eigenvalue weighted by Gasteiger charge is -2.09. The van der Waals surface area contributed by atoms with E-state index in [1.807, 2.05) is 24.5 Å². The van der Waals surface area contributed by atoms with Gasteiger partial charge in [-0.2, -0.15) is 0 Å². The molecule has 0 saturated heterocycles. The lowest BCUT2D eigenvalue weighted by Crippen LogP contribution is -2.14. The summed E-state index contributed by atoms with van der Waals surface area (Å²) in [5.74, 6) is 0. The number of nitrogens with zero attached hydrogens (tertiary/aromatic N) is 1. The van der Waals surface area contributed by atoms with Gasteiger partial charge in [0, 0.05) is 29.5 Å². The van der Waals surface area contributed by atoms with E-state index in [-0.39, 0.29) is 0 Å². The van der Waals surface area contributed by atoms with Crippen LogP contribution >= 0.6 is 11.6 Å². The maximum atomic E-state index is 6.24. The monoisotopic (exact) mass is 274 g/mol. The minimum Gasteiger partial charge on any atom is -0.313 e. The summed E-state index contributed by atoms with van der Waals surface area (Å²) in [5.41, 5.74) is 4.59. The van der Waals surface area contributed by atoms with Crippen molar-refractivity contribution >= 4 is 11.6 Å². The molecule has 0 amide bonds. The highest BCUT2D eigenvalue weighted by Crippen LogP contribution is 2.25. The predicted molar refractivity (Wildman–Crippen MR) is 81.4 cm³/mol. The number of benzene rings is 1. The van der Waals surface area contributed by atoms with Crippen LogP contribution in [0.15, 0.2) is 36.7 Å². The van der Waals surface area contributed by atoms with Gasteiger partial charge < -0.3 is 5.32 Å². The van der Waals surface area contributed by atoms with Crippen LogP contribution in [0.5, 0.6) is 0 Å². The number of hydrogen-bond donors (Lipinski definition) is 1. The van der Waals surface area contributed by atoms with Crippen LogP contribution in [-0.2, 0) is 6.54 Å². The number of rotatable bonds is 5. The van der Waals surface area contributed by atoms with Gasteiger partial charge in [-0.25, -0.2) is 0 Å². The van der Waals surface area contributed by atoms with Crippen molar-refractivity contribution in [3.8, 4) is 11.1 Å². The van der Waals surface area contributed by atoms with Crippen molar-refractivity contribution in [2.45, 2.75) is 26.8 Å². The summed E-state index contributed by atoms with van der Waals surface area (Å²) in [7, 11) is 0. The fraction of sp³-hybridized carbons (Fsp3) is 0.312. The molecular formula is C16H19ClN2. The second-order valence-corrected chi connectivity index (χ2v) is 5.14. The Morgan fingerprint density at radius 2 is 2.00 bits per heavy atom. The molecule has 3 heteroatoms. The molecule has 0 spiro atoms. The zero-order valence-corrected chi connectivity index (χ0v) is 12.2.